The van der Waals surface area contributed by atoms with Crippen molar-refractivity contribution in [3.8, 4) is 22.9 Å². The molecule has 1 aromatic heterocycles. The molecule has 1 saturated heterocycles. The van der Waals surface area contributed by atoms with Crippen molar-refractivity contribution in [2.24, 2.45) is 0 Å². The van der Waals surface area contributed by atoms with Crippen molar-refractivity contribution >= 4 is 11.9 Å². The van der Waals surface area contributed by atoms with Gasteiger partial charge in [-0.3, -0.25) is 9.69 Å². The maximum atomic E-state index is 13.2. The Morgan fingerprint density at radius 1 is 1.10 bits per heavy atom. The van der Waals surface area contributed by atoms with E-state index in [9.17, 15) is 14.0 Å². The minimum absolute atomic E-state index is 0.0780. The molecule has 0 bridgehead atoms. The van der Waals surface area contributed by atoms with Crippen LogP contribution in [0.25, 0.3) is 11.4 Å². The molecule has 1 fully saturated rings. The van der Waals surface area contributed by atoms with Gasteiger partial charge in [-0.15, -0.1) is 0 Å². The molecular formula is C21H17FN4O5. The van der Waals surface area contributed by atoms with Crippen molar-refractivity contribution in [3.63, 3.8) is 0 Å². The van der Waals surface area contributed by atoms with Gasteiger partial charge in [0.1, 0.15) is 31.1 Å². The molecule has 2 aliphatic rings. The first-order chi connectivity index (χ1) is 14.9. The van der Waals surface area contributed by atoms with E-state index < -0.39 is 17.5 Å². The van der Waals surface area contributed by atoms with Gasteiger partial charge in [0.25, 0.3) is 5.91 Å². The zero-order valence-electron chi connectivity index (χ0n) is 16.4. The number of hydrogen-bond acceptors (Lipinski definition) is 7. The fourth-order valence-corrected chi connectivity index (χ4v) is 3.56. The highest BCUT2D eigenvalue weighted by Gasteiger charge is 2.49. The zero-order chi connectivity index (χ0) is 21.6. The number of hydrogen-bond donors (Lipinski definition) is 1. The molecule has 2 aliphatic heterocycles. The number of aromatic nitrogens is 2. The van der Waals surface area contributed by atoms with Crippen LogP contribution in [0.3, 0.4) is 0 Å². The fourth-order valence-electron chi connectivity index (χ4n) is 3.56. The average molecular weight is 424 g/mol. The van der Waals surface area contributed by atoms with Crippen molar-refractivity contribution in [2.75, 3.05) is 13.2 Å². The number of imide groups is 1. The molecule has 10 heteroatoms. The topological polar surface area (TPSA) is 107 Å². The minimum Gasteiger partial charge on any atom is -0.486 e. The Morgan fingerprint density at radius 3 is 2.61 bits per heavy atom. The second-order valence-electron chi connectivity index (χ2n) is 7.32. The first-order valence-corrected chi connectivity index (χ1v) is 9.57. The first-order valence-electron chi connectivity index (χ1n) is 9.57. The number of urea groups is 1. The van der Waals surface area contributed by atoms with E-state index in [1.54, 1.807) is 25.1 Å². The summed E-state index contributed by atoms with van der Waals surface area (Å²) in [5.41, 5.74) is -0.169. The van der Waals surface area contributed by atoms with Crippen LogP contribution >= 0.6 is 0 Å². The normalized spacial score (nSPS) is 20.1. The summed E-state index contributed by atoms with van der Waals surface area (Å²) in [6.45, 7) is 2.29. The van der Waals surface area contributed by atoms with Gasteiger partial charge in [-0.1, -0.05) is 11.2 Å². The van der Waals surface area contributed by atoms with E-state index in [0.29, 0.717) is 35.8 Å². The number of ether oxygens (including phenoxy) is 2. The molecule has 31 heavy (non-hydrogen) atoms. The van der Waals surface area contributed by atoms with Crippen molar-refractivity contribution in [3.05, 3.63) is 59.7 Å². The zero-order valence-corrected chi connectivity index (χ0v) is 16.4. The number of halogens is 1. The van der Waals surface area contributed by atoms with E-state index >= 15 is 0 Å². The first kappa shape index (κ1) is 19.0. The van der Waals surface area contributed by atoms with Gasteiger partial charge in [0.2, 0.25) is 11.7 Å². The van der Waals surface area contributed by atoms with Crippen LogP contribution in [0.4, 0.5) is 9.18 Å². The Hall–Kier alpha value is -3.95. The van der Waals surface area contributed by atoms with Gasteiger partial charge >= 0.3 is 6.03 Å². The molecule has 3 aromatic rings. The molecule has 2 aromatic carbocycles. The highest BCUT2D eigenvalue weighted by atomic mass is 19.1. The SMILES string of the molecule is CC1(c2ccc3c(c2)OCCO3)NC(=O)N(Cc2nc(-c3ccc(F)cc3)no2)C1=O. The predicted octanol–water partition coefficient (Wildman–Crippen LogP) is 2.61. The number of nitrogens with zero attached hydrogens (tertiary/aromatic N) is 3. The number of nitrogens with one attached hydrogen (secondary N) is 1. The third-order valence-corrected chi connectivity index (χ3v) is 5.26. The quantitative estimate of drug-likeness (QED) is 0.642. The van der Waals surface area contributed by atoms with Crippen LogP contribution in [0.2, 0.25) is 0 Å². The maximum Gasteiger partial charge on any atom is 0.325 e. The molecule has 9 nitrogen and oxygen atoms in total. The van der Waals surface area contributed by atoms with Crippen LogP contribution in [-0.4, -0.2) is 40.2 Å². The monoisotopic (exact) mass is 424 g/mol. The lowest BCUT2D eigenvalue weighted by atomic mass is 9.91. The molecular weight excluding hydrogens is 407 g/mol. The van der Waals surface area contributed by atoms with Gasteiger partial charge < -0.3 is 19.3 Å². The minimum atomic E-state index is -1.28. The van der Waals surface area contributed by atoms with E-state index in [1.807, 2.05) is 0 Å². The van der Waals surface area contributed by atoms with Crippen molar-refractivity contribution in [2.45, 2.75) is 19.0 Å². The second kappa shape index (κ2) is 7.08. The van der Waals surface area contributed by atoms with Crippen LogP contribution in [0.15, 0.2) is 47.0 Å². The molecule has 0 saturated carbocycles. The summed E-state index contributed by atoms with van der Waals surface area (Å²) >= 11 is 0. The highest BCUT2D eigenvalue weighted by molar-refractivity contribution is 6.07. The summed E-state index contributed by atoms with van der Waals surface area (Å²) in [6, 6.07) is 10.1. The van der Waals surface area contributed by atoms with Gasteiger partial charge in [-0.2, -0.15) is 4.98 Å². The molecule has 0 aliphatic carbocycles. The lowest BCUT2D eigenvalue weighted by Crippen LogP contribution is -2.41. The number of carbonyl (C=O) groups is 2. The van der Waals surface area contributed by atoms with Crippen LogP contribution in [0.5, 0.6) is 11.5 Å². The Morgan fingerprint density at radius 2 is 1.84 bits per heavy atom. The number of rotatable bonds is 4. The summed E-state index contributed by atoms with van der Waals surface area (Å²) < 4.78 is 29.4. The predicted molar refractivity (Wildman–Crippen MR) is 104 cm³/mol. The van der Waals surface area contributed by atoms with E-state index in [0.717, 1.165) is 4.90 Å². The van der Waals surface area contributed by atoms with Gasteiger partial charge in [-0.25, -0.2) is 9.18 Å². The molecule has 3 heterocycles. The van der Waals surface area contributed by atoms with E-state index in [2.05, 4.69) is 15.5 Å². The molecule has 158 valence electrons. The largest absolute Gasteiger partial charge is 0.486 e. The molecule has 1 atom stereocenters. The summed E-state index contributed by atoms with van der Waals surface area (Å²) in [7, 11) is 0. The van der Waals surface area contributed by atoms with Crippen LogP contribution in [-0.2, 0) is 16.9 Å². The lowest BCUT2D eigenvalue weighted by Gasteiger charge is -2.25. The molecule has 0 radical (unpaired) electrons. The second-order valence-corrected chi connectivity index (χ2v) is 7.32. The van der Waals surface area contributed by atoms with Crippen molar-refractivity contribution in [1.29, 1.82) is 0 Å². The molecule has 5 rings (SSSR count). The smallest absolute Gasteiger partial charge is 0.325 e. The van der Waals surface area contributed by atoms with E-state index in [1.165, 1.54) is 24.3 Å². The van der Waals surface area contributed by atoms with Crippen LogP contribution < -0.4 is 14.8 Å². The molecule has 1 N–H and O–H groups in total. The number of carbonyl (C=O) groups excluding carboxylic acids is 2. The standard InChI is InChI=1S/C21H17FN4O5/c1-21(13-4-7-15-16(10-13)30-9-8-29-15)19(27)26(20(28)24-21)11-17-23-18(25-31-17)12-2-5-14(22)6-3-12/h2-7,10H,8-9,11H2,1H3,(H,24,28). The fraction of sp³-hybridized carbons (Fsp3) is 0.238. The Bertz CT molecular complexity index is 1180. The van der Waals surface area contributed by atoms with Gasteiger partial charge in [-0.05, 0) is 48.9 Å². The lowest BCUT2D eigenvalue weighted by molar-refractivity contribution is -0.131. The summed E-state index contributed by atoms with van der Waals surface area (Å²) in [5, 5.41) is 6.57. The van der Waals surface area contributed by atoms with Crippen LogP contribution in [0.1, 0.15) is 18.4 Å². The molecule has 3 amide bonds. The summed E-state index contributed by atoms with van der Waals surface area (Å²) in [4.78, 5) is 31.0. The maximum absolute atomic E-state index is 13.2. The van der Waals surface area contributed by atoms with E-state index in [-0.39, 0.29) is 24.1 Å². The number of amides is 3. The summed E-state index contributed by atoms with van der Waals surface area (Å²) in [6.07, 6.45) is 0. The van der Waals surface area contributed by atoms with Gasteiger partial charge in [0.05, 0.1) is 0 Å². The van der Waals surface area contributed by atoms with E-state index in [4.69, 9.17) is 14.0 Å². The third kappa shape index (κ3) is 3.25. The molecule has 1 unspecified atom stereocenters. The van der Waals surface area contributed by atoms with Crippen molar-refractivity contribution in [1.82, 2.24) is 20.4 Å². The van der Waals surface area contributed by atoms with Crippen molar-refractivity contribution < 1.29 is 28.0 Å². The summed E-state index contributed by atoms with van der Waals surface area (Å²) in [5.74, 6) is 0.574. The highest BCUT2D eigenvalue weighted by Crippen LogP contribution is 2.37. The van der Waals surface area contributed by atoms with Crippen LogP contribution in [0, 0.1) is 5.82 Å². The van der Waals surface area contributed by atoms with Gasteiger partial charge in [0, 0.05) is 5.56 Å². The average Bonchev–Trinajstić information content (AvgIpc) is 3.33. The number of benzene rings is 2. The Balaban J connectivity index is 1.37. The Labute approximate surface area is 175 Å². The third-order valence-electron chi connectivity index (χ3n) is 5.26. The van der Waals surface area contributed by atoms with Gasteiger partial charge in [0.15, 0.2) is 11.5 Å². The molecule has 0 spiro atoms. The number of fused-ring (bicyclic) bond motifs is 1. The Kier molecular flexibility index (Phi) is 4.35.